The van der Waals surface area contributed by atoms with Gasteiger partial charge in [-0.3, -0.25) is 13.9 Å². The molecule has 1 aliphatic heterocycles. The maximum absolute atomic E-state index is 12.2. The average Bonchev–Trinajstić information content (AvgIpc) is 2.77. The number of aryl methyl sites for hydroxylation is 1. The topological polar surface area (TPSA) is 103 Å². The molecular weight excluding hydrogens is 349 g/mol. The largest absolute Gasteiger partial charge is 0.387 e. The van der Waals surface area contributed by atoms with Crippen LogP contribution in [0.3, 0.4) is 0 Å². The van der Waals surface area contributed by atoms with Crippen molar-refractivity contribution in [3.8, 4) is 0 Å². The zero-order valence-electron chi connectivity index (χ0n) is 12.1. The minimum atomic E-state index is -1.27. The second-order valence-corrected chi connectivity index (χ2v) is 9.83. The lowest BCUT2D eigenvalue weighted by molar-refractivity contribution is -0.0505. The molecule has 0 bridgehead atoms. The fraction of sp³-hybridized carbons (Fsp3) is 0.636. The Morgan fingerprint density at radius 3 is 2.73 bits per heavy atom. The first-order valence-corrected chi connectivity index (χ1v) is 11.2. The third-order valence-electron chi connectivity index (χ3n) is 3.47. The first kappa shape index (κ1) is 18.2. The summed E-state index contributed by atoms with van der Waals surface area (Å²) in [5.41, 5.74) is -0.670. The van der Waals surface area contributed by atoms with Crippen LogP contribution in [0.1, 0.15) is 11.8 Å². The van der Waals surface area contributed by atoms with Crippen molar-refractivity contribution in [1.82, 2.24) is 9.13 Å². The normalized spacial score (nSPS) is 29.3. The summed E-state index contributed by atoms with van der Waals surface area (Å²) in [6.45, 7) is 1.70. The minimum Gasteiger partial charge on any atom is -0.387 e. The van der Waals surface area contributed by atoms with Crippen molar-refractivity contribution in [2.75, 3.05) is 6.61 Å². The van der Waals surface area contributed by atoms with E-state index in [2.05, 4.69) is 8.93 Å². The predicted octanol–water partition coefficient (Wildman–Crippen LogP) is -0.532. The van der Waals surface area contributed by atoms with E-state index in [9.17, 15) is 19.8 Å². The van der Waals surface area contributed by atoms with E-state index in [1.807, 2.05) is 0 Å². The lowest BCUT2D eigenvalue weighted by atomic mass is 10.1. The van der Waals surface area contributed by atoms with E-state index in [4.69, 9.17) is 9.26 Å². The highest BCUT2D eigenvalue weighted by Crippen LogP contribution is 2.44. The van der Waals surface area contributed by atoms with Gasteiger partial charge >= 0.3 is 5.69 Å². The standard InChI is InChI=1S/C11H19N2O6P3/c1-5-3-13(11(17)12(2)9(5)16)10-8(15)7(14)6(19-10)4-18-21-22-20/h3,6-8,10,14-15,21-22H,4,20H2,1-2H3/t6-,7+,8?,10-/m1/s1. The fourth-order valence-corrected chi connectivity index (χ4v) is 3.87. The van der Waals surface area contributed by atoms with Gasteiger partial charge in [-0.05, 0) is 6.92 Å². The smallest absolute Gasteiger partial charge is 0.332 e. The predicted molar refractivity (Wildman–Crippen MR) is 88.9 cm³/mol. The molecule has 0 aromatic carbocycles. The van der Waals surface area contributed by atoms with Gasteiger partial charge in [-0.15, -0.1) is 8.93 Å². The maximum Gasteiger partial charge on any atom is 0.332 e. The molecule has 8 nitrogen and oxygen atoms in total. The highest BCUT2D eigenvalue weighted by molar-refractivity contribution is 8.37. The third kappa shape index (κ3) is 3.49. The van der Waals surface area contributed by atoms with Gasteiger partial charge < -0.3 is 19.5 Å². The fourth-order valence-electron chi connectivity index (χ4n) is 2.29. The molecule has 1 aliphatic rings. The Kier molecular flexibility index (Phi) is 6.26. The second kappa shape index (κ2) is 7.59. The molecule has 1 aromatic rings. The molecule has 0 aliphatic carbocycles. The zero-order chi connectivity index (χ0) is 16.4. The quantitative estimate of drug-likeness (QED) is 0.535. The molecule has 0 saturated carbocycles. The molecule has 2 N–H and O–H groups in total. The van der Waals surface area contributed by atoms with Gasteiger partial charge in [-0.1, -0.05) is 7.96 Å². The molecule has 2 rings (SSSR count). The van der Waals surface area contributed by atoms with Crippen molar-refractivity contribution < 1.29 is 19.5 Å². The highest BCUT2D eigenvalue weighted by Gasteiger charge is 2.44. The number of aliphatic hydroxyl groups is 2. The summed E-state index contributed by atoms with van der Waals surface area (Å²) in [5.74, 6) is 0. The molecular formula is C11H19N2O6P3. The first-order valence-electron chi connectivity index (χ1n) is 6.51. The van der Waals surface area contributed by atoms with Crippen LogP contribution in [0.25, 0.3) is 0 Å². The van der Waals surface area contributed by atoms with E-state index < -0.39 is 35.8 Å². The number of ether oxygens (including phenoxy) is 1. The summed E-state index contributed by atoms with van der Waals surface area (Å²) in [6, 6.07) is 0. The van der Waals surface area contributed by atoms with E-state index in [0.717, 1.165) is 9.13 Å². The van der Waals surface area contributed by atoms with E-state index in [1.54, 1.807) is 6.92 Å². The number of hydrogen-bond acceptors (Lipinski definition) is 6. The Labute approximate surface area is 132 Å². The van der Waals surface area contributed by atoms with Crippen molar-refractivity contribution in [2.24, 2.45) is 7.05 Å². The summed E-state index contributed by atoms with van der Waals surface area (Å²) in [6.07, 6.45) is -2.88. The first-order chi connectivity index (χ1) is 10.4. The van der Waals surface area contributed by atoms with Crippen LogP contribution < -0.4 is 11.2 Å². The Balaban J connectivity index is 2.27. The van der Waals surface area contributed by atoms with Gasteiger partial charge in [0.2, 0.25) is 0 Å². The van der Waals surface area contributed by atoms with Crippen molar-refractivity contribution in [2.45, 2.75) is 31.5 Å². The van der Waals surface area contributed by atoms with Crippen molar-refractivity contribution in [1.29, 1.82) is 0 Å². The van der Waals surface area contributed by atoms with E-state index in [1.165, 1.54) is 13.2 Å². The van der Waals surface area contributed by atoms with Gasteiger partial charge in [0, 0.05) is 27.3 Å². The number of hydrogen-bond donors (Lipinski definition) is 2. The van der Waals surface area contributed by atoms with Crippen LogP contribution in [0.5, 0.6) is 0 Å². The van der Waals surface area contributed by atoms with Gasteiger partial charge in [-0.25, -0.2) is 4.79 Å². The highest BCUT2D eigenvalue weighted by atomic mass is 32.4. The number of aliphatic hydroxyl groups excluding tert-OH is 2. The van der Waals surface area contributed by atoms with Crippen molar-refractivity contribution in [3.63, 3.8) is 0 Å². The van der Waals surface area contributed by atoms with E-state index in [-0.39, 0.29) is 15.1 Å². The Hall–Kier alpha value is -0.190. The monoisotopic (exact) mass is 368 g/mol. The average molecular weight is 368 g/mol. The molecule has 11 heteroatoms. The molecule has 0 amide bonds. The molecule has 2 heterocycles. The van der Waals surface area contributed by atoms with Crippen LogP contribution in [-0.2, 0) is 16.3 Å². The summed E-state index contributed by atoms with van der Waals surface area (Å²) in [4.78, 5) is 23.9. The molecule has 22 heavy (non-hydrogen) atoms. The van der Waals surface area contributed by atoms with Crippen LogP contribution in [-0.4, -0.2) is 44.3 Å². The van der Waals surface area contributed by atoms with Crippen molar-refractivity contribution >= 4 is 25.4 Å². The molecule has 1 aromatic heterocycles. The van der Waals surface area contributed by atoms with E-state index >= 15 is 0 Å². The van der Waals surface area contributed by atoms with Crippen LogP contribution in [0.2, 0.25) is 0 Å². The summed E-state index contributed by atoms with van der Waals surface area (Å²) in [5, 5.41) is 20.2. The lowest BCUT2D eigenvalue weighted by Crippen LogP contribution is -2.43. The Morgan fingerprint density at radius 1 is 1.41 bits per heavy atom. The molecule has 7 atom stereocenters. The van der Waals surface area contributed by atoms with Crippen LogP contribution >= 0.6 is 25.4 Å². The van der Waals surface area contributed by atoms with Crippen LogP contribution in [0.15, 0.2) is 15.8 Å². The summed E-state index contributed by atoms with van der Waals surface area (Å²) >= 11 is 0. The van der Waals surface area contributed by atoms with E-state index in [0.29, 0.717) is 13.5 Å². The summed E-state index contributed by atoms with van der Waals surface area (Å²) < 4.78 is 13.0. The van der Waals surface area contributed by atoms with Crippen LogP contribution in [0, 0.1) is 6.92 Å². The Morgan fingerprint density at radius 2 is 2.09 bits per heavy atom. The molecule has 0 radical (unpaired) electrons. The minimum absolute atomic E-state index is 0.133. The molecule has 4 unspecified atom stereocenters. The maximum atomic E-state index is 12.2. The molecule has 0 spiro atoms. The zero-order valence-corrected chi connectivity index (χ0v) is 15.2. The number of aromatic nitrogens is 2. The Bertz CT molecular complexity index is 648. The van der Waals surface area contributed by atoms with Gasteiger partial charge in [0.05, 0.1) is 6.61 Å². The number of nitrogens with zero attached hydrogens (tertiary/aromatic N) is 2. The van der Waals surface area contributed by atoms with Gasteiger partial charge in [0.25, 0.3) is 5.56 Å². The van der Waals surface area contributed by atoms with Gasteiger partial charge in [-0.2, -0.15) is 0 Å². The number of rotatable bonds is 5. The molecule has 1 fully saturated rings. The van der Waals surface area contributed by atoms with Crippen LogP contribution in [0.4, 0.5) is 0 Å². The second-order valence-electron chi connectivity index (χ2n) is 4.97. The van der Waals surface area contributed by atoms with Gasteiger partial charge in [0.1, 0.15) is 18.3 Å². The SMILES string of the molecule is Cc1cn([C@@H]2O[C@H](COPPP)[C@H](O)C2O)c(=O)n(C)c1=O. The lowest BCUT2D eigenvalue weighted by Gasteiger charge is -2.18. The molecule has 124 valence electrons. The van der Waals surface area contributed by atoms with Crippen molar-refractivity contribution in [3.05, 3.63) is 32.6 Å². The molecule has 1 saturated heterocycles. The van der Waals surface area contributed by atoms with Gasteiger partial charge in [0.15, 0.2) is 6.23 Å². The third-order valence-corrected chi connectivity index (χ3v) is 5.75. The summed E-state index contributed by atoms with van der Waals surface area (Å²) in [7, 11) is 4.74.